The topological polar surface area (TPSA) is 61.8 Å². The van der Waals surface area contributed by atoms with Crippen molar-refractivity contribution in [3.63, 3.8) is 0 Å². The van der Waals surface area contributed by atoms with Crippen LogP contribution in [0.2, 0.25) is 0 Å². The maximum atomic E-state index is 12.1. The van der Waals surface area contributed by atoms with Crippen LogP contribution in [0.3, 0.4) is 0 Å². The van der Waals surface area contributed by atoms with E-state index < -0.39 is 11.8 Å². The maximum absolute atomic E-state index is 12.1. The van der Waals surface area contributed by atoms with E-state index in [1.807, 2.05) is 19.9 Å². The quantitative estimate of drug-likeness (QED) is 0.570. The van der Waals surface area contributed by atoms with E-state index in [2.05, 4.69) is 0 Å². The van der Waals surface area contributed by atoms with E-state index in [1.165, 1.54) is 7.11 Å². The van der Waals surface area contributed by atoms with Crippen molar-refractivity contribution in [1.29, 1.82) is 0 Å². The van der Waals surface area contributed by atoms with Crippen LogP contribution in [0, 0.1) is 17.8 Å². The third kappa shape index (κ3) is 2.16. The number of cyclic esters (lactones) is 1. The summed E-state index contributed by atoms with van der Waals surface area (Å²) in [4.78, 5) is 24.0. The molecule has 1 unspecified atom stereocenters. The van der Waals surface area contributed by atoms with Crippen molar-refractivity contribution in [3.05, 3.63) is 11.6 Å². The summed E-state index contributed by atoms with van der Waals surface area (Å²) >= 11 is 0. The van der Waals surface area contributed by atoms with Crippen molar-refractivity contribution in [3.8, 4) is 0 Å². The van der Waals surface area contributed by atoms with E-state index in [0.717, 1.165) is 12.0 Å². The van der Waals surface area contributed by atoms with E-state index in [0.29, 0.717) is 0 Å². The lowest BCUT2D eigenvalue weighted by atomic mass is 9.69. The highest BCUT2D eigenvalue weighted by atomic mass is 16.6. The second-order valence-electron chi connectivity index (χ2n) is 5.04. The predicted octanol–water partition coefficient (Wildman–Crippen LogP) is 1.32. The molecule has 2 rings (SSSR count). The predicted molar refractivity (Wildman–Crippen MR) is 67.2 cm³/mol. The number of carbonyl (C=O) groups is 2. The van der Waals surface area contributed by atoms with Crippen molar-refractivity contribution < 1.29 is 23.8 Å². The monoisotopic (exact) mass is 268 g/mol. The fourth-order valence-electron chi connectivity index (χ4n) is 3.27. The molecule has 0 aromatic rings. The van der Waals surface area contributed by atoms with Crippen LogP contribution in [0.25, 0.3) is 0 Å². The summed E-state index contributed by atoms with van der Waals surface area (Å²) in [6.07, 6.45) is 1.99. The molecule has 19 heavy (non-hydrogen) atoms. The minimum atomic E-state index is -0.417. The highest BCUT2D eigenvalue weighted by Crippen LogP contribution is 2.45. The lowest BCUT2D eigenvalue weighted by Gasteiger charge is -2.35. The highest BCUT2D eigenvalue weighted by Gasteiger charge is 2.55. The highest BCUT2D eigenvalue weighted by molar-refractivity contribution is 5.82. The van der Waals surface area contributed by atoms with Gasteiger partial charge < -0.3 is 14.2 Å². The Morgan fingerprint density at radius 2 is 2.11 bits per heavy atom. The summed E-state index contributed by atoms with van der Waals surface area (Å²) in [6, 6.07) is 0. The molecule has 0 saturated carbocycles. The molecule has 2 aliphatic rings. The average Bonchev–Trinajstić information content (AvgIpc) is 2.72. The first-order valence-corrected chi connectivity index (χ1v) is 6.56. The van der Waals surface area contributed by atoms with Gasteiger partial charge in [-0.2, -0.15) is 0 Å². The Balaban J connectivity index is 2.45. The molecule has 0 N–H and O–H groups in total. The van der Waals surface area contributed by atoms with Crippen LogP contribution in [0.1, 0.15) is 20.3 Å². The molecule has 1 aliphatic heterocycles. The van der Waals surface area contributed by atoms with Gasteiger partial charge in [0.15, 0.2) is 0 Å². The fraction of sp³-hybridized carbons (Fsp3) is 0.714. The molecular weight excluding hydrogens is 248 g/mol. The molecule has 0 aromatic carbocycles. The first kappa shape index (κ1) is 14.1. The number of fused-ring (bicyclic) bond motifs is 1. The normalized spacial score (nSPS) is 37.4. The van der Waals surface area contributed by atoms with Crippen LogP contribution in [0.5, 0.6) is 0 Å². The van der Waals surface area contributed by atoms with E-state index in [4.69, 9.17) is 14.2 Å². The van der Waals surface area contributed by atoms with Crippen molar-refractivity contribution >= 4 is 11.9 Å². The Morgan fingerprint density at radius 3 is 2.63 bits per heavy atom. The molecule has 0 aromatic heterocycles. The summed E-state index contributed by atoms with van der Waals surface area (Å²) < 4.78 is 15.6. The zero-order chi connectivity index (χ0) is 14.2. The molecule has 5 atom stereocenters. The Labute approximate surface area is 112 Å². The first-order valence-electron chi connectivity index (χ1n) is 6.56. The van der Waals surface area contributed by atoms with Gasteiger partial charge in [-0.15, -0.1) is 0 Å². The van der Waals surface area contributed by atoms with Crippen LogP contribution in [-0.4, -0.2) is 38.4 Å². The third-order valence-corrected chi connectivity index (χ3v) is 4.18. The molecule has 0 spiro atoms. The summed E-state index contributed by atoms with van der Waals surface area (Å²) in [6.45, 7) is 3.81. The van der Waals surface area contributed by atoms with E-state index >= 15 is 0 Å². The standard InChI is InChI=1S/C14H20O5/c1-5-8-6-9(17-3)12-10(7(2)19-14(12)16)11(8)13(15)18-4/h6-7,9-12H,5H2,1-4H3/t7-,9+,10+,11?,12-/m0/s1. The zero-order valence-electron chi connectivity index (χ0n) is 11.7. The van der Waals surface area contributed by atoms with Gasteiger partial charge in [-0.1, -0.05) is 18.6 Å². The van der Waals surface area contributed by atoms with Crippen LogP contribution in [-0.2, 0) is 23.8 Å². The lowest BCUT2D eigenvalue weighted by Crippen LogP contribution is -2.43. The van der Waals surface area contributed by atoms with Crippen LogP contribution in [0.15, 0.2) is 11.6 Å². The van der Waals surface area contributed by atoms with Crippen LogP contribution >= 0.6 is 0 Å². The minimum Gasteiger partial charge on any atom is -0.469 e. The number of methoxy groups -OCH3 is 2. The minimum absolute atomic E-state index is 0.204. The molecule has 1 heterocycles. The van der Waals surface area contributed by atoms with Crippen molar-refractivity contribution in [2.45, 2.75) is 32.5 Å². The van der Waals surface area contributed by atoms with E-state index in [9.17, 15) is 9.59 Å². The van der Waals surface area contributed by atoms with E-state index in [1.54, 1.807) is 7.11 Å². The fourth-order valence-corrected chi connectivity index (χ4v) is 3.27. The number of hydrogen-bond acceptors (Lipinski definition) is 5. The molecule has 0 radical (unpaired) electrons. The second-order valence-corrected chi connectivity index (χ2v) is 5.04. The van der Waals surface area contributed by atoms with Crippen molar-refractivity contribution in [1.82, 2.24) is 0 Å². The summed E-state index contributed by atoms with van der Waals surface area (Å²) in [5.41, 5.74) is 0.963. The molecular formula is C14H20O5. The maximum Gasteiger partial charge on any atom is 0.313 e. The largest absolute Gasteiger partial charge is 0.469 e. The third-order valence-electron chi connectivity index (χ3n) is 4.18. The van der Waals surface area contributed by atoms with Crippen molar-refractivity contribution in [2.75, 3.05) is 14.2 Å². The van der Waals surface area contributed by atoms with Gasteiger partial charge in [0, 0.05) is 13.0 Å². The van der Waals surface area contributed by atoms with Gasteiger partial charge in [0.25, 0.3) is 0 Å². The van der Waals surface area contributed by atoms with Crippen molar-refractivity contribution in [2.24, 2.45) is 17.8 Å². The van der Waals surface area contributed by atoms with E-state index in [-0.39, 0.29) is 30.1 Å². The molecule has 106 valence electrons. The van der Waals surface area contributed by atoms with Gasteiger partial charge in [0.2, 0.25) is 0 Å². The summed E-state index contributed by atoms with van der Waals surface area (Å²) in [5, 5.41) is 0. The molecule has 5 heteroatoms. The first-order chi connectivity index (χ1) is 9.04. The van der Waals surface area contributed by atoms with Gasteiger partial charge in [-0.3, -0.25) is 9.59 Å². The van der Waals surface area contributed by atoms with Gasteiger partial charge >= 0.3 is 11.9 Å². The summed E-state index contributed by atoms with van der Waals surface area (Å²) in [5.74, 6) is -1.62. The molecule has 0 bridgehead atoms. The van der Waals surface area contributed by atoms with Gasteiger partial charge in [-0.25, -0.2) is 0 Å². The molecule has 1 saturated heterocycles. The number of rotatable bonds is 3. The Hall–Kier alpha value is -1.36. The number of esters is 2. The SMILES string of the molecule is CCC1=C[C@@H](OC)[C@@H]2C(=O)O[C@@H](C)[C@@H]2C1C(=O)OC. The van der Waals surface area contributed by atoms with Crippen LogP contribution < -0.4 is 0 Å². The lowest BCUT2D eigenvalue weighted by molar-refractivity contribution is -0.148. The molecule has 1 aliphatic carbocycles. The van der Waals surface area contributed by atoms with Gasteiger partial charge in [0.1, 0.15) is 6.10 Å². The number of carbonyl (C=O) groups excluding carboxylic acids is 2. The Kier molecular flexibility index (Phi) is 3.94. The molecule has 5 nitrogen and oxygen atoms in total. The second kappa shape index (κ2) is 5.33. The number of hydrogen-bond donors (Lipinski definition) is 0. The molecule has 1 fully saturated rings. The Bertz CT molecular complexity index is 414. The van der Waals surface area contributed by atoms with Crippen LogP contribution in [0.4, 0.5) is 0 Å². The molecule has 0 amide bonds. The van der Waals surface area contributed by atoms with Gasteiger partial charge in [0.05, 0.1) is 25.0 Å². The number of ether oxygens (including phenoxy) is 3. The van der Waals surface area contributed by atoms with Gasteiger partial charge in [-0.05, 0) is 13.3 Å². The summed E-state index contributed by atoms with van der Waals surface area (Å²) in [7, 11) is 2.94. The average molecular weight is 268 g/mol. The Morgan fingerprint density at radius 1 is 1.42 bits per heavy atom. The zero-order valence-corrected chi connectivity index (χ0v) is 11.7. The smallest absolute Gasteiger partial charge is 0.313 e.